The van der Waals surface area contributed by atoms with E-state index < -0.39 is 0 Å². The molecule has 4 rings (SSSR count). The second-order valence-corrected chi connectivity index (χ2v) is 9.23. The third kappa shape index (κ3) is 6.14. The lowest BCUT2D eigenvalue weighted by molar-refractivity contribution is -0.133. The normalized spacial score (nSPS) is 13.9. The Hall–Kier alpha value is -3.39. The van der Waals surface area contributed by atoms with Gasteiger partial charge in [0.25, 0.3) is 0 Å². The minimum Gasteiger partial charge on any atom is -0.372 e. The van der Waals surface area contributed by atoms with Crippen LogP contribution in [0.5, 0.6) is 0 Å². The van der Waals surface area contributed by atoms with Crippen LogP contribution in [0.2, 0.25) is 0 Å². The zero-order valence-electron chi connectivity index (χ0n) is 19.1. The fraction of sp³-hybridized carbons (Fsp3) is 0.269. The largest absolute Gasteiger partial charge is 0.372 e. The first-order chi connectivity index (χ1) is 16.4. The predicted octanol–water partition coefficient (Wildman–Crippen LogP) is 3.36. The summed E-state index contributed by atoms with van der Waals surface area (Å²) in [6.07, 6.45) is 4.60. The highest BCUT2D eigenvalue weighted by molar-refractivity contribution is 9.10. The number of nitrogens with two attached hydrogens (primary N) is 1. The molecule has 2 heterocycles. The predicted molar refractivity (Wildman–Crippen MR) is 137 cm³/mol. The molecule has 1 aliphatic heterocycles. The maximum absolute atomic E-state index is 12.7. The molecule has 1 atom stereocenters. The van der Waals surface area contributed by atoms with Gasteiger partial charge in [0.1, 0.15) is 6.54 Å². The molecule has 1 aromatic heterocycles. The lowest BCUT2D eigenvalue weighted by Gasteiger charge is -2.38. The summed E-state index contributed by atoms with van der Waals surface area (Å²) in [5.74, 6) is 0.177. The van der Waals surface area contributed by atoms with Crippen LogP contribution in [0.15, 0.2) is 71.9 Å². The molecule has 0 spiro atoms. The SMILES string of the molecule is C=CC(=O)N1CC(NC(=O)Cn2cc(C(C)Cc3ccccc3)c3cc(Br)ccc32)C1.NC=O. The number of primary amides is 1. The van der Waals surface area contributed by atoms with Crippen LogP contribution in [0, 0.1) is 0 Å². The van der Waals surface area contributed by atoms with Crippen molar-refractivity contribution in [1.29, 1.82) is 0 Å². The van der Waals surface area contributed by atoms with E-state index in [9.17, 15) is 9.59 Å². The van der Waals surface area contributed by atoms with E-state index in [1.807, 2.05) is 16.7 Å². The first-order valence-corrected chi connectivity index (χ1v) is 11.8. The van der Waals surface area contributed by atoms with E-state index in [4.69, 9.17) is 4.79 Å². The van der Waals surface area contributed by atoms with Gasteiger partial charge in [0.15, 0.2) is 0 Å². The highest BCUT2D eigenvalue weighted by Crippen LogP contribution is 2.32. The molecular formula is C26H29BrN4O3. The van der Waals surface area contributed by atoms with Gasteiger partial charge >= 0.3 is 0 Å². The molecule has 7 nitrogen and oxygen atoms in total. The number of nitrogens with one attached hydrogen (secondary N) is 1. The molecule has 3 amide bonds. The van der Waals surface area contributed by atoms with E-state index in [2.05, 4.69) is 83.1 Å². The molecule has 8 heteroatoms. The average Bonchev–Trinajstić information content (AvgIpc) is 3.14. The molecule has 178 valence electrons. The zero-order chi connectivity index (χ0) is 24.7. The smallest absolute Gasteiger partial charge is 0.246 e. The van der Waals surface area contributed by atoms with Crippen LogP contribution >= 0.6 is 15.9 Å². The summed E-state index contributed by atoms with van der Waals surface area (Å²) in [6.45, 7) is 7.05. The number of hydrogen-bond donors (Lipinski definition) is 2. The molecule has 3 N–H and O–H groups in total. The molecule has 1 saturated heterocycles. The van der Waals surface area contributed by atoms with Crippen molar-refractivity contribution in [1.82, 2.24) is 14.8 Å². The monoisotopic (exact) mass is 524 g/mol. The molecule has 34 heavy (non-hydrogen) atoms. The van der Waals surface area contributed by atoms with Crippen LogP contribution in [-0.4, -0.2) is 46.8 Å². The van der Waals surface area contributed by atoms with Crippen LogP contribution in [0.1, 0.15) is 24.0 Å². The second-order valence-electron chi connectivity index (χ2n) is 8.31. The quantitative estimate of drug-likeness (QED) is 0.366. The van der Waals surface area contributed by atoms with Crippen LogP contribution in [0.25, 0.3) is 10.9 Å². The number of nitrogens with zero attached hydrogens (tertiary/aromatic N) is 2. The van der Waals surface area contributed by atoms with Gasteiger partial charge in [-0.3, -0.25) is 14.4 Å². The van der Waals surface area contributed by atoms with Gasteiger partial charge in [0, 0.05) is 34.7 Å². The number of likely N-dealkylation sites (tertiary alicyclic amines) is 1. The van der Waals surface area contributed by atoms with E-state index in [1.165, 1.54) is 17.2 Å². The Labute approximate surface area is 207 Å². The molecule has 0 saturated carbocycles. The summed E-state index contributed by atoms with van der Waals surface area (Å²) in [7, 11) is 0. The van der Waals surface area contributed by atoms with Crippen LogP contribution in [0.4, 0.5) is 0 Å². The van der Waals surface area contributed by atoms with E-state index in [1.54, 1.807) is 4.90 Å². The number of carbonyl (C=O) groups is 3. The zero-order valence-corrected chi connectivity index (χ0v) is 20.7. The minimum absolute atomic E-state index is 0.00356. The average molecular weight is 525 g/mol. The number of hydrogen-bond acceptors (Lipinski definition) is 3. The Morgan fingerprint density at radius 1 is 1.24 bits per heavy atom. The van der Waals surface area contributed by atoms with Crippen molar-refractivity contribution in [3.63, 3.8) is 0 Å². The topological polar surface area (TPSA) is 97.4 Å². The number of carbonyl (C=O) groups excluding carboxylic acids is 3. The molecule has 3 aromatic rings. The Morgan fingerprint density at radius 3 is 2.56 bits per heavy atom. The van der Waals surface area contributed by atoms with Gasteiger partial charge in [-0.25, -0.2) is 0 Å². The Kier molecular flexibility index (Phi) is 8.65. The van der Waals surface area contributed by atoms with Gasteiger partial charge in [-0.15, -0.1) is 0 Å². The van der Waals surface area contributed by atoms with E-state index in [0.717, 1.165) is 21.8 Å². The highest BCUT2D eigenvalue weighted by atomic mass is 79.9. The summed E-state index contributed by atoms with van der Waals surface area (Å²) in [5, 5.41) is 4.19. The third-order valence-corrected chi connectivity index (χ3v) is 6.33. The van der Waals surface area contributed by atoms with E-state index in [0.29, 0.717) is 19.0 Å². The molecule has 0 aliphatic carbocycles. The number of fused-ring (bicyclic) bond motifs is 1. The summed E-state index contributed by atoms with van der Waals surface area (Å²) in [6, 6.07) is 16.7. The first kappa shape index (κ1) is 25.2. The van der Waals surface area contributed by atoms with Crippen molar-refractivity contribution < 1.29 is 14.4 Å². The van der Waals surface area contributed by atoms with Crippen molar-refractivity contribution in [3.8, 4) is 0 Å². The second kappa shape index (κ2) is 11.7. The molecule has 0 bridgehead atoms. The summed E-state index contributed by atoms with van der Waals surface area (Å²) >= 11 is 3.59. The number of rotatable bonds is 7. The Bertz CT molecular complexity index is 1170. The van der Waals surface area contributed by atoms with Crippen molar-refractivity contribution in [2.24, 2.45) is 5.73 Å². The molecule has 2 aromatic carbocycles. The van der Waals surface area contributed by atoms with Crippen molar-refractivity contribution in [3.05, 3.63) is 83.0 Å². The van der Waals surface area contributed by atoms with Gasteiger partial charge < -0.3 is 20.5 Å². The molecular weight excluding hydrogens is 496 g/mol. The van der Waals surface area contributed by atoms with Gasteiger partial charge in [0.05, 0.1) is 6.04 Å². The Morgan fingerprint density at radius 2 is 1.91 bits per heavy atom. The lowest BCUT2D eigenvalue weighted by Crippen LogP contribution is -2.61. The fourth-order valence-electron chi connectivity index (χ4n) is 4.20. The first-order valence-electron chi connectivity index (χ1n) is 11.0. The molecule has 1 aliphatic rings. The minimum atomic E-state index is -0.0930. The van der Waals surface area contributed by atoms with Crippen LogP contribution in [-0.2, 0) is 27.3 Å². The summed E-state index contributed by atoms with van der Waals surface area (Å²) in [5.41, 5.74) is 7.75. The van der Waals surface area contributed by atoms with Crippen LogP contribution < -0.4 is 11.1 Å². The van der Waals surface area contributed by atoms with Gasteiger partial charge in [-0.05, 0) is 47.7 Å². The highest BCUT2D eigenvalue weighted by Gasteiger charge is 2.30. The fourth-order valence-corrected chi connectivity index (χ4v) is 4.57. The molecule has 1 unspecified atom stereocenters. The number of benzene rings is 2. The third-order valence-electron chi connectivity index (χ3n) is 5.84. The van der Waals surface area contributed by atoms with Gasteiger partial charge in [0.2, 0.25) is 18.2 Å². The van der Waals surface area contributed by atoms with E-state index in [-0.39, 0.29) is 30.8 Å². The number of aromatic nitrogens is 1. The lowest BCUT2D eigenvalue weighted by atomic mass is 9.93. The number of halogens is 1. The van der Waals surface area contributed by atoms with Crippen LogP contribution in [0.3, 0.4) is 0 Å². The standard InChI is InChI=1S/C25H26BrN3O2.CH3NO/c1-3-25(31)29-13-20(14-29)27-24(30)16-28-15-22(21-12-19(26)9-10-23(21)28)17(2)11-18-7-5-4-6-8-18;2-1-3/h3-10,12,15,17,20H,1,11,13-14,16H2,2H3,(H,27,30);1H,(H2,2,3). The number of amides is 3. The van der Waals surface area contributed by atoms with E-state index >= 15 is 0 Å². The summed E-state index contributed by atoms with van der Waals surface area (Å²) < 4.78 is 3.05. The maximum Gasteiger partial charge on any atom is 0.246 e. The Balaban J connectivity index is 0.00000103. The van der Waals surface area contributed by atoms with Crippen molar-refractivity contribution >= 4 is 45.1 Å². The van der Waals surface area contributed by atoms with Gasteiger partial charge in [-0.1, -0.05) is 59.8 Å². The van der Waals surface area contributed by atoms with Crippen molar-refractivity contribution in [2.75, 3.05) is 13.1 Å². The maximum atomic E-state index is 12.7. The summed E-state index contributed by atoms with van der Waals surface area (Å²) in [4.78, 5) is 34.5. The molecule has 1 fully saturated rings. The van der Waals surface area contributed by atoms with Crippen molar-refractivity contribution in [2.45, 2.75) is 31.8 Å². The molecule has 0 radical (unpaired) electrons. The van der Waals surface area contributed by atoms with Gasteiger partial charge in [-0.2, -0.15) is 0 Å².